The molecule has 5 heteroatoms. The standard InChI is InChI=1S/C15H19N3O2/c1-3-6-18-12-10-14-13(19-7-8-20-14)9-11(12)17-15(18)4-5-16-2/h3,9-10,16H,1,4-8H2,2H3. The van der Waals surface area contributed by atoms with Gasteiger partial charge < -0.3 is 19.4 Å². The number of hydrogen-bond donors (Lipinski definition) is 1. The summed E-state index contributed by atoms with van der Waals surface area (Å²) in [6.45, 7) is 6.67. The highest BCUT2D eigenvalue weighted by molar-refractivity contribution is 5.81. The number of hydrogen-bond acceptors (Lipinski definition) is 4. The molecule has 3 rings (SSSR count). The summed E-state index contributed by atoms with van der Waals surface area (Å²) >= 11 is 0. The highest BCUT2D eigenvalue weighted by Gasteiger charge is 2.17. The van der Waals surface area contributed by atoms with E-state index in [2.05, 4.69) is 16.5 Å². The first-order valence-electron chi connectivity index (χ1n) is 6.87. The summed E-state index contributed by atoms with van der Waals surface area (Å²) in [5.41, 5.74) is 2.02. The van der Waals surface area contributed by atoms with Crippen LogP contribution < -0.4 is 14.8 Å². The molecular formula is C15H19N3O2. The lowest BCUT2D eigenvalue weighted by Gasteiger charge is -2.18. The smallest absolute Gasteiger partial charge is 0.163 e. The fourth-order valence-corrected chi connectivity index (χ4v) is 2.47. The second kappa shape index (κ2) is 5.54. The number of ether oxygens (including phenoxy) is 2. The number of benzene rings is 1. The maximum Gasteiger partial charge on any atom is 0.163 e. The summed E-state index contributed by atoms with van der Waals surface area (Å²) in [5, 5.41) is 3.16. The Kier molecular flexibility index (Phi) is 3.60. The molecule has 1 aromatic carbocycles. The van der Waals surface area contributed by atoms with Gasteiger partial charge in [-0.1, -0.05) is 6.08 Å². The third kappa shape index (κ3) is 2.25. The molecule has 1 aliphatic heterocycles. The number of aromatic nitrogens is 2. The Labute approximate surface area is 118 Å². The molecule has 20 heavy (non-hydrogen) atoms. The van der Waals surface area contributed by atoms with Crippen molar-refractivity contribution in [2.75, 3.05) is 26.8 Å². The van der Waals surface area contributed by atoms with E-state index in [0.717, 1.165) is 47.9 Å². The number of imidazole rings is 1. The van der Waals surface area contributed by atoms with Crippen LogP contribution in [0.25, 0.3) is 11.0 Å². The lowest BCUT2D eigenvalue weighted by Crippen LogP contribution is -2.15. The molecule has 0 spiro atoms. The first-order chi connectivity index (χ1) is 9.83. The molecule has 0 unspecified atom stereocenters. The summed E-state index contributed by atoms with van der Waals surface area (Å²) in [5.74, 6) is 2.64. The normalized spacial score (nSPS) is 13.7. The minimum atomic E-state index is 0.596. The van der Waals surface area contributed by atoms with Gasteiger partial charge in [0.2, 0.25) is 0 Å². The van der Waals surface area contributed by atoms with Crippen LogP contribution in [0.1, 0.15) is 5.82 Å². The molecule has 0 radical (unpaired) electrons. The minimum Gasteiger partial charge on any atom is -0.486 e. The SMILES string of the molecule is C=CCn1c(CCNC)nc2cc3c(cc21)OCCO3. The summed E-state index contributed by atoms with van der Waals surface area (Å²) in [6.07, 6.45) is 2.77. The third-order valence-electron chi connectivity index (χ3n) is 3.40. The molecule has 0 atom stereocenters. The molecule has 0 amide bonds. The van der Waals surface area contributed by atoms with Gasteiger partial charge in [-0.2, -0.15) is 0 Å². The summed E-state index contributed by atoms with van der Waals surface area (Å²) in [7, 11) is 1.95. The maximum absolute atomic E-state index is 5.65. The largest absolute Gasteiger partial charge is 0.486 e. The fourth-order valence-electron chi connectivity index (χ4n) is 2.47. The second-order valence-electron chi connectivity index (χ2n) is 4.77. The van der Waals surface area contributed by atoms with E-state index < -0.39 is 0 Å². The summed E-state index contributed by atoms with van der Waals surface area (Å²) < 4.78 is 13.4. The van der Waals surface area contributed by atoms with E-state index in [-0.39, 0.29) is 0 Å². The van der Waals surface area contributed by atoms with Crippen molar-refractivity contribution in [1.82, 2.24) is 14.9 Å². The van der Waals surface area contributed by atoms with E-state index in [4.69, 9.17) is 14.5 Å². The van der Waals surface area contributed by atoms with Gasteiger partial charge in [0.15, 0.2) is 11.5 Å². The topological polar surface area (TPSA) is 48.3 Å². The van der Waals surface area contributed by atoms with Crippen molar-refractivity contribution in [3.63, 3.8) is 0 Å². The molecule has 0 bridgehead atoms. The molecule has 1 aliphatic rings. The van der Waals surface area contributed by atoms with E-state index in [0.29, 0.717) is 13.2 Å². The Bertz CT molecular complexity index is 634. The van der Waals surface area contributed by atoms with Crippen LogP contribution in [0, 0.1) is 0 Å². The number of fused-ring (bicyclic) bond motifs is 2. The van der Waals surface area contributed by atoms with Crippen molar-refractivity contribution in [1.29, 1.82) is 0 Å². The van der Waals surface area contributed by atoms with Crippen molar-refractivity contribution in [3.05, 3.63) is 30.6 Å². The highest BCUT2D eigenvalue weighted by Crippen LogP contribution is 2.34. The fraction of sp³-hybridized carbons (Fsp3) is 0.400. The second-order valence-corrected chi connectivity index (χ2v) is 4.77. The van der Waals surface area contributed by atoms with Crippen molar-refractivity contribution in [3.8, 4) is 11.5 Å². The van der Waals surface area contributed by atoms with Crippen LogP contribution in [-0.4, -0.2) is 36.4 Å². The lowest BCUT2D eigenvalue weighted by molar-refractivity contribution is 0.172. The van der Waals surface area contributed by atoms with E-state index in [1.165, 1.54) is 0 Å². The lowest BCUT2D eigenvalue weighted by atomic mass is 10.2. The van der Waals surface area contributed by atoms with Crippen LogP contribution in [0.3, 0.4) is 0 Å². The van der Waals surface area contributed by atoms with Crippen LogP contribution in [0.2, 0.25) is 0 Å². The molecule has 0 saturated heterocycles. The quantitative estimate of drug-likeness (QED) is 0.843. The Balaban J connectivity index is 2.09. The predicted molar refractivity (Wildman–Crippen MR) is 78.6 cm³/mol. The number of allylic oxidation sites excluding steroid dienone is 1. The van der Waals surface area contributed by atoms with Crippen molar-refractivity contribution in [2.45, 2.75) is 13.0 Å². The van der Waals surface area contributed by atoms with Gasteiger partial charge in [-0.15, -0.1) is 6.58 Å². The molecule has 1 aromatic heterocycles. The zero-order chi connectivity index (χ0) is 13.9. The van der Waals surface area contributed by atoms with Gasteiger partial charge in [-0.25, -0.2) is 4.98 Å². The number of likely N-dealkylation sites (N-methyl/N-ethyl adjacent to an activating group) is 1. The molecular weight excluding hydrogens is 254 g/mol. The van der Waals surface area contributed by atoms with Gasteiger partial charge in [0, 0.05) is 31.6 Å². The van der Waals surface area contributed by atoms with E-state index in [1.807, 2.05) is 25.3 Å². The van der Waals surface area contributed by atoms with E-state index in [9.17, 15) is 0 Å². The average Bonchev–Trinajstić information content (AvgIpc) is 2.80. The molecule has 2 heterocycles. The van der Waals surface area contributed by atoms with Gasteiger partial charge in [-0.05, 0) is 7.05 Å². The van der Waals surface area contributed by atoms with Crippen molar-refractivity contribution < 1.29 is 9.47 Å². The Morgan fingerprint density at radius 2 is 2.10 bits per heavy atom. The molecule has 0 saturated carbocycles. The molecule has 5 nitrogen and oxygen atoms in total. The van der Waals surface area contributed by atoms with Gasteiger partial charge in [0.25, 0.3) is 0 Å². The van der Waals surface area contributed by atoms with Crippen LogP contribution in [-0.2, 0) is 13.0 Å². The van der Waals surface area contributed by atoms with Crippen LogP contribution >= 0.6 is 0 Å². The molecule has 2 aromatic rings. The zero-order valence-corrected chi connectivity index (χ0v) is 11.7. The minimum absolute atomic E-state index is 0.596. The number of nitrogens with zero attached hydrogens (tertiary/aromatic N) is 2. The molecule has 1 N–H and O–H groups in total. The maximum atomic E-state index is 5.65. The highest BCUT2D eigenvalue weighted by atomic mass is 16.6. The third-order valence-corrected chi connectivity index (χ3v) is 3.40. The van der Waals surface area contributed by atoms with E-state index >= 15 is 0 Å². The Morgan fingerprint density at radius 1 is 1.35 bits per heavy atom. The van der Waals surface area contributed by atoms with Crippen LogP contribution in [0.5, 0.6) is 11.5 Å². The molecule has 0 fully saturated rings. The number of nitrogens with one attached hydrogen (secondary N) is 1. The van der Waals surface area contributed by atoms with Gasteiger partial charge in [0.05, 0.1) is 11.0 Å². The van der Waals surface area contributed by atoms with Crippen LogP contribution in [0.15, 0.2) is 24.8 Å². The van der Waals surface area contributed by atoms with Crippen molar-refractivity contribution in [2.24, 2.45) is 0 Å². The van der Waals surface area contributed by atoms with E-state index in [1.54, 1.807) is 0 Å². The average molecular weight is 273 g/mol. The van der Waals surface area contributed by atoms with Gasteiger partial charge in [-0.3, -0.25) is 0 Å². The van der Waals surface area contributed by atoms with Crippen molar-refractivity contribution >= 4 is 11.0 Å². The Morgan fingerprint density at radius 3 is 2.80 bits per heavy atom. The first-order valence-corrected chi connectivity index (χ1v) is 6.87. The zero-order valence-electron chi connectivity index (χ0n) is 11.7. The Hall–Kier alpha value is -2.01. The molecule has 0 aliphatic carbocycles. The van der Waals surface area contributed by atoms with Crippen LogP contribution in [0.4, 0.5) is 0 Å². The van der Waals surface area contributed by atoms with Gasteiger partial charge >= 0.3 is 0 Å². The molecule has 106 valence electrons. The van der Waals surface area contributed by atoms with Gasteiger partial charge in [0.1, 0.15) is 19.0 Å². The predicted octanol–water partition coefficient (Wildman–Crippen LogP) is 1.76. The monoisotopic (exact) mass is 273 g/mol. The summed E-state index contributed by atoms with van der Waals surface area (Å²) in [6, 6.07) is 3.98. The first kappa shape index (κ1) is 13.0. The summed E-state index contributed by atoms with van der Waals surface area (Å²) in [4.78, 5) is 4.72. The number of rotatable bonds is 5.